The van der Waals surface area contributed by atoms with E-state index in [1.54, 1.807) is 25.3 Å². The molecule has 1 aliphatic heterocycles. The van der Waals surface area contributed by atoms with Crippen molar-refractivity contribution in [2.75, 3.05) is 20.3 Å². The van der Waals surface area contributed by atoms with Crippen LogP contribution in [0.1, 0.15) is 5.56 Å². The molecule has 146 valence electrons. The van der Waals surface area contributed by atoms with Gasteiger partial charge in [0.2, 0.25) is 10.0 Å². The van der Waals surface area contributed by atoms with Gasteiger partial charge in [-0.3, -0.25) is 0 Å². The summed E-state index contributed by atoms with van der Waals surface area (Å²) >= 11 is 0. The maximum Gasteiger partial charge on any atom is 0.240 e. The van der Waals surface area contributed by atoms with Crippen LogP contribution in [0.25, 0.3) is 0 Å². The standard InChI is InChI=1S/C19H24N2O5S/c1-25-15-9-7-14(8-10-15)11-20-17-13-26-18(19(17)22)12-21-27(23,24)16-5-3-2-4-6-16/h2-10,17-22H,11-13H2,1H3. The molecule has 8 heteroatoms. The topological polar surface area (TPSA) is 96.9 Å². The van der Waals surface area contributed by atoms with Crippen molar-refractivity contribution in [2.45, 2.75) is 29.7 Å². The molecular weight excluding hydrogens is 368 g/mol. The van der Waals surface area contributed by atoms with Crippen molar-refractivity contribution in [1.82, 2.24) is 10.0 Å². The molecule has 3 unspecified atom stereocenters. The Morgan fingerprint density at radius 3 is 2.52 bits per heavy atom. The number of methoxy groups -OCH3 is 1. The van der Waals surface area contributed by atoms with E-state index in [-0.39, 0.29) is 17.5 Å². The average Bonchev–Trinajstić information content (AvgIpc) is 3.05. The monoisotopic (exact) mass is 392 g/mol. The Hall–Kier alpha value is -1.97. The molecule has 2 aromatic carbocycles. The second-order valence-electron chi connectivity index (χ2n) is 6.36. The lowest BCUT2D eigenvalue weighted by Crippen LogP contribution is -2.44. The third-order valence-corrected chi connectivity index (χ3v) is 5.98. The molecule has 0 bridgehead atoms. The van der Waals surface area contributed by atoms with Gasteiger partial charge >= 0.3 is 0 Å². The van der Waals surface area contributed by atoms with Crippen LogP contribution in [0.2, 0.25) is 0 Å². The first-order valence-corrected chi connectivity index (χ1v) is 10.2. The maximum atomic E-state index is 12.3. The minimum Gasteiger partial charge on any atom is -0.497 e. The maximum absolute atomic E-state index is 12.3. The summed E-state index contributed by atoms with van der Waals surface area (Å²) in [5.74, 6) is 0.786. The number of hydrogen-bond donors (Lipinski definition) is 3. The molecule has 27 heavy (non-hydrogen) atoms. The molecule has 0 amide bonds. The summed E-state index contributed by atoms with van der Waals surface area (Å²) in [5, 5.41) is 13.7. The molecule has 1 heterocycles. The number of hydrogen-bond acceptors (Lipinski definition) is 6. The summed E-state index contributed by atoms with van der Waals surface area (Å²) in [6.07, 6.45) is -1.40. The summed E-state index contributed by atoms with van der Waals surface area (Å²) < 4.78 is 37.7. The van der Waals surface area contributed by atoms with E-state index in [1.165, 1.54) is 12.1 Å². The van der Waals surface area contributed by atoms with Crippen LogP contribution in [0.4, 0.5) is 0 Å². The third-order valence-electron chi connectivity index (χ3n) is 4.54. The van der Waals surface area contributed by atoms with Gasteiger partial charge in [-0.25, -0.2) is 13.1 Å². The molecule has 7 nitrogen and oxygen atoms in total. The van der Waals surface area contributed by atoms with Crippen molar-refractivity contribution >= 4 is 10.0 Å². The van der Waals surface area contributed by atoms with Gasteiger partial charge in [-0.15, -0.1) is 0 Å². The molecule has 2 aromatic rings. The van der Waals surface area contributed by atoms with Crippen LogP contribution in [-0.2, 0) is 21.3 Å². The third kappa shape index (κ3) is 5.06. The van der Waals surface area contributed by atoms with Gasteiger partial charge in [0.15, 0.2) is 0 Å². The SMILES string of the molecule is COc1ccc(CNC2COC(CNS(=O)(=O)c3ccccc3)C2O)cc1. The highest BCUT2D eigenvalue weighted by atomic mass is 32.2. The summed E-state index contributed by atoms with van der Waals surface area (Å²) in [4.78, 5) is 0.187. The van der Waals surface area contributed by atoms with Gasteiger partial charge in [0, 0.05) is 13.1 Å². The number of nitrogens with one attached hydrogen (secondary N) is 2. The summed E-state index contributed by atoms with van der Waals surface area (Å²) in [6.45, 7) is 0.895. The van der Waals surface area contributed by atoms with Crippen LogP contribution >= 0.6 is 0 Å². The minimum atomic E-state index is -3.62. The zero-order valence-electron chi connectivity index (χ0n) is 15.0. The van der Waals surface area contributed by atoms with Gasteiger partial charge < -0.3 is 19.9 Å². The van der Waals surface area contributed by atoms with Gasteiger partial charge in [-0.1, -0.05) is 30.3 Å². The second-order valence-corrected chi connectivity index (χ2v) is 8.13. The van der Waals surface area contributed by atoms with Crippen LogP contribution in [0, 0.1) is 0 Å². The largest absolute Gasteiger partial charge is 0.497 e. The summed E-state index contributed by atoms with van der Waals surface area (Å²) in [5.41, 5.74) is 1.05. The van der Waals surface area contributed by atoms with Crippen LogP contribution < -0.4 is 14.8 Å². The van der Waals surface area contributed by atoms with E-state index in [9.17, 15) is 13.5 Å². The number of rotatable bonds is 8. The lowest BCUT2D eigenvalue weighted by molar-refractivity contribution is 0.0443. The van der Waals surface area contributed by atoms with E-state index < -0.39 is 22.2 Å². The lowest BCUT2D eigenvalue weighted by Gasteiger charge is -2.19. The van der Waals surface area contributed by atoms with Gasteiger partial charge in [0.1, 0.15) is 5.75 Å². The molecule has 0 aromatic heterocycles. The van der Waals surface area contributed by atoms with Gasteiger partial charge in [-0.05, 0) is 29.8 Å². The Labute approximate surface area is 159 Å². The minimum absolute atomic E-state index is 0.0130. The van der Waals surface area contributed by atoms with E-state index in [0.717, 1.165) is 11.3 Å². The molecule has 3 N–H and O–H groups in total. The molecule has 1 aliphatic rings. The second kappa shape index (κ2) is 8.81. The first-order valence-electron chi connectivity index (χ1n) is 8.70. The van der Waals surface area contributed by atoms with Crippen molar-refractivity contribution in [3.63, 3.8) is 0 Å². The highest BCUT2D eigenvalue weighted by molar-refractivity contribution is 7.89. The van der Waals surface area contributed by atoms with Crippen molar-refractivity contribution < 1.29 is 23.0 Å². The Bertz CT molecular complexity index is 827. The van der Waals surface area contributed by atoms with E-state index >= 15 is 0 Å². The first kappa shape index (κ1) is 19.8. The molecule has 0 aliphatic carbocycles. The van der Waals surface area contributed by atoms with Crippen LogP contribution in [0.5, 0.6) is 5.75 Å². The smallest absolute Gasteiger partial charge is 0.240 e. The molecule has 3 atom stereocenters. The van der Waals surface area contributed by atoms with Crippen molar-refractivity contribution in [3.05, 3.63) is 60.2 Å². The van der Waals surface area contributed by atoms with Gasteiger partial charge in [0.25, 0.3) is 0 Å². The fraction of sp³-hybridized carbons (Fsp3) is 0.368. The zero-order valence-corrected chi connectivity index (χ0v) is 15.9. The van der Waals surface area contributed by atoms with Gasteiger partial charge in [-0.2, -0.15) is 0 Å². The Morgan fingerprint density at radius 2 is 1.85 bits per heavy atom. The number of aliphatic hydroxyl groups is 1. The zero-order chi connectivity index (χ0) is 19.3. The fourth-order valence-corrected chi connectivity index (χ4v) is 3.98. The fourth-order valence-electron chi connectivity index (χ4n) is 2.91. The molecule has 0 spiro atoms. The predicted molar refractivity (Wildman–Crippen MR) is 101 cm³/mol. The highest BCUT2D eigenvalue weighted by Gasteiger charge is 2.36. The van der Waals surface area contributed by atoms with Crippen LogP contribution in [0.3, 0.4) is 0 Å². The quantitative estimate of drug-likeness (QED) is 0.617. The normalized spacial score (nSPS) is 22.7. The van der Waals surface area contributed by atoms with Crippen LogP contribution in [-0.4, -0.2) is 52.0 Å². The average molecular weight is 392 g/mol. The molecular formula is C19H24N2O5S. The van der Waals surface area contributed by atoms with Gasteiger partial charge in [0.05, 0.1) is 36.9 Å². The van der Waals surface area contributed by atoms with Crippen molar-refractivity contribution in [2.24, 2.45) is 0 Å². The van der Waals surface area contributed by atoms with Crippen molar-refractivity contribution in [1.29, 1.82) is 0 Å². The Balaban J connectivity index is 1.50. The molecule has 0 radical (unpaired) electrons. The number of benzene rings is 2. The first-order chi connectivity index (χ1) is 13.0. The highest BCUT2D eigenvalue weighted by Crippen LogP contribution is 2.17. The lowest BCUT2D eigenvalue weighted by atomic mass is 10.1. The Morgan fingerprint density at radius 1 is 1.15 bits per heavy atom. The molecule has 1 fully saturated rings. The molecule has 0 saturated carbocycles. The predicted octanol–water partition coefficient (Wildman–Crippen LogP) is 0.892. The number of aliphatic hydroxyl groups excluding tert-OH is 1. The Kier molecular flexibility index (Phi) is 6.46. The van der Waals surface area contributed by atoms with E-state index in [1.807, 2.05) is 24.3 Å². The number of ether oxygens (including phenoxy) is 2. The van der Waals surface area contributed by atoms with E-state index in [0.29, 0.717) is 13.2 Å². The van der Waals surface area contributed by atoms with E-state index in [2.05, 4.69) is 10.0 Å². The van der Waals surface area contributed by atoms with Crippen LogP contribution in [0.15, 0.2) is 59.5 Å². The van der Waals surface area contributed by atoms with Crippen molar-refractivity contribution in [3.8, 4) is 5.75 Å². The summed E-state index contributed by atoms with van der Waals surface area (Å²) in [7, 11) is -2.01. The van der Waals surface area contributed by atoms with E-state index in [4.69, 9.17) is 9.47 Å². The molecule has 3 rings (SSSR count). The summed E-state index contributed by atoms with van der Waals surface area (Å²) in [6, 6.07) is 15.5. The number of sulfonamides is 1. The molecule has 1 saturated heterocycles.